The number of likely N-dealkylation sites (tertiary alicyclic amines) is 1. The van der Waals surface area contributed by atoms with Gasteiger partial charge in [-0.15, -0.1) is 0 Å². The molecule has 4 atom stereocenters. The predicted octanol–water partition coefficient (Wildman–Crippen LogP) is 3.56. The van der Waals surface area contributed by atoms with Gasteiger partial charge in [-0.3, -0.25) is 14.4 Å². The Morgan fingerprint density at radius 1 is 1.08 bits per heavy atom. The smallest absolute Gasteiger partial charge is 0.320 e. The minimum Gasteiger partial charge on any atom is -0.481 e. The van der Waals surface area contributed by atoms with Gasteiger partial charge in [-0.2, -0.15) is 0 Å². The Kier molecular flexibility index (Phi) is 7.86. The van der Waals surface area contributed by atoms with E-state index < -0.39 is 35.5 Å². The summed E-state index contributed by atoms with van der Waals surface area (Å²) in [5, 5.41) is 9.49. The maximum Gasteiger partial charge on any atom is 0.320 e. The first kappa shape index (κ1) is 25.6. The maximum absolute atomic E-state index is 13.6. The number of amides is 1. The molecule has 1 amide bonds. The van der Waals surface area contributed by atoms with Gasteiger partial charge in [0.2, 0.25) is 5.91 Å². The van der Waals surface area contributed by atoms with Crippen LogP contribution in [0, 0.1) is 11.3 Å². The molecule has 1 fully saturated rings. The number of aliphatic carboxylic acids is 1. The Morgan fingerprint density at radius 3 is 2.33 bits per heavy atom. The molecule has 36 heavy (non-hydrogen) atoms. The van der Waals surface area contributed by atoms with E-state index in [-0.39, 0.29) is 31.9 Å². The lowest BCUT2D eigenvalue weighted by molar-refractivity contribution is -0.179. The number of carboxylic acids is 1. The van der Waals surface area contributed by atoms with E-state index in [2.05, 4.69) is 0 Å². The summed E-state index contributed by atoms with van der Waals surface area (Å²) in [6, 6.07) is 19.1. The highest BCUT2D eigenvalue weighted by Crippen LogP contribution is 2.50. The van der Waals surface area contributed by atoms with Crippen LogP contribution in [0.4, 0.5) is 0 Å². The summed E-state index contributed by atoms with van der Waals surface area (Å²) in [6.07, 6.45) is 0.212. The largest absolute Gasteiger partial charge is 0.481 e. The number of carbonyl (C=O) groups excluding carboxylic acids is 2. The van der Waals surface area contributed by atoms with E-state index in [9.17, 15) is 19.5 Å². The van der Waals surface area contributed by atoms with E-state index in [1.807, 2.05) is 60.7 Å². The summed E-state index contributed by atoms with van der Waals surface area (Å²) in [7, 11) is 1.29. The number of piperidine rings is 1. The molecular formula is C28H31NO7. The summed E-state index contributed by atoms with van der Waals surface area (Å²) >= 11 is 0. The van der Waals surface area contributed by atoms with Gasteiger partial charge < -0.3 is 24.2 Å². The molecule has 0 bridgehead atoms. The fourth-order valence-corrected chi connectivity index (χ4v) is 5.16. The molecule has 8 heteroatoms. The minimum absolute atomic E-state index is 0.000683. The first-order chi connectivity index (χ1) is 17.3. The Morgan fingerprint density at radius 2 is 1.72 bits per heavy atom. The average molecular weight is 494 g/mol. The van der Waals surface area contributed by atoms with Crippen LogP contribution in [0.2, 0.25) is 0 Å². The molecule has 190 valence electrons. The molecular weight excluding hydrogens is 462 g/mol. The Balaban J connectivity index is 1.69. The first-order valence-electron chi connectivity index (χ1n) is 12.0. The zero-order chi connectivity index (χ0) is 25.7. The highest BCUT2D eigenvalue weighted by molar-refractivity contribution is 5.91. The van der Waals surface area contributed by atoms with Gasteiger partial charge in [0.1, 0.15) is 11.5 Å². The number of ether oxygens (including phenoxy) is 3. The van der Waals surface area contributed by atoms with Crippen molar-refractivity contribution in [2.45, 2.75) is 45.1 Å². The van der Waals surface area contributed by atoms with Crippen molar-refractivity contribution in [3.8, 4) is 0 Å². The van der Waals surface area contributed by atoms with Gasteiger partial charge in [-0.05, 0) is 30.5 Å². The summed E-state index contributed by atoms with van der Waals surface area (Å²) in [5.41, 5.74) is 1.05. The highest BCUT2D eigenvalue weighted by atomic mass is 16.6. The second kappa shape index (κ2) is 11.1. The number of carbonyl (C=O) groups is 3. The predicted molar refractivity (Wildman–Crippen MR) is 130 cm³/mol. The van der Waals surface area contributed by atoms with Crippen molar-refractivity contribution in [1.82, 2.24) is 4.90 Å². The van der Waals surface area contributed by atoms with Crippen molar-refractivity contribution in [3.63, 3.8) is 0 Å². The number of fused-ring (bicyclic) bond motifs is 1. The van der Waals surface area contributed by atoms with Gasteiger partial charge >= 0.3 is 11.9 Å². The van der Waals surface area contributed by atoms with Crippen LogP contribution < -0.4 is 0 Å². The van der Waals surface area contributed by atoms with Crippen molar-refractivity contribution >= 4 is 17.8 Å². The molecule has 4 rings (SSSR count). The molecule has 1 N–H and O–H groups in total. The zero-order valence-electron chi connectivity index (χ0n) is 20.5. The summed E-state index contributed by atoms with van der Waals surface area (Å²) in [4.78, 5) is 40.0. The molecule has 2 aromatic rings. The molecule has 2 heterocycles. The van der Waals surface area contributed by atoms with E-state index in [1.54, 1.807) is 13.0 Å². The number of nitrogens with zero attached hydrogens (tertiary/aromatic N) is 1. The van der Waals surface area contributed by atoms with E-state index in [0.29, 0.717) is 12.3 Å². The second-order valence-electron chi connectivity index (χ2n) is 9.24. The number of carboxylic acid groups (broad SMARTS) is 1. The lowest BCUT2D eigenvalue weighted by atomic mass is 9.66. The van der Waals surface area contributed by atoms with Crippen LogP contribution >= 0.6 is 0 Å². The molecule has 2 aliphatic rings. The van der Waals surface area contributed by atoms with Crippen LogP contribution in [0.15, 0.2) is 72.4 Å². The quantitative estimate of drug-likeness (QED) is 0.533. The van der Waals surface area contributed by atoms with Crippen LogP contribution in [0.25, 0.3) is 0 Å². The van der Waals surface area contributed by atoms with Crippen LogP contribution in [-0.2, 0) is 41.7 Å². The minimum atomic E-state index is -1.31. The van der Waals surface area contributed by atoms with E-state index >= 15 is 0 Å². The zero-order valence-corrected chi connectivity index (χ0v) is 20.5. The summed E-state index contributed by atoms with van der Waals surface area (Å²) in [6.45, 7) is 2.59. The molecule has 0 unspecified atom stereocenters. The Hall–Kier alpha value is -3.49. The molecule has 2 aliphatic heterocycles. The fourth-order valence-electron chi connectivity index (χ4n) is 5.16. The van der Waals surface area contributed by atoms with Crippen LogP contribution in [-0.4, -0.2) is 53.8 Å². The molecule has 0 spiro atoms. The van der Waals surface area contributed by atoms with E-state index in [0.717, 1.165) is 11.1 Å². The van der Waals surface area contributed by atoms with Gasteiger partial charge in [0.15, 0.2) is 0 Å². The monoisotopic (exact) mass is 493 g/mol. The number of benzene rings is 2. The summed E-state index contributed by atoms with van der Waals surface area (Å²) in [5.74, 6) is -2.87. The van der Waals surface area contributed by atoms with Gasteiger partial charge in [0.25, 0.3) is 0 Å². The van der Waals surface area contributed by atoms with Crippen molar-refractivity contribution in [2.75, 3.05) is 13.7 Å². The second-order valence-corrected chi connectivity index (χ2v) is 9.24. The van der Waals surface area contributed by atoms with Gasteiger partial charge in [-0.25, -0.2) is 0 Å². The normalized spacial score (nSPS) is 25.6. The van der Waals surface area contributed by atoms with Gasteiger partial charge in [0.05, 0.1) is 45.3 Å². The standard InChI is InChI=1S/C28H31NO7/c1-19-28(27(33)34-2)15-22(13-25(30)31)26(32)29(16-20-9-5-3-6-10-20)24(28)14-23(36-19)18-35-17-21-11-7-4-8-12-21/h3-12,14,19,22-23H,13,15-18H2,1-2H3,(H,30,31)/t19-,22-,23-,28+/m0/s1. The van der Waals surface area contributed by atoms with Crippen molar-refractivity contribution < 1.29 is 33.7 Å². The first-order valence-corrected chi connectivity index (χ1v) is 12.0. The van der Waals surface area contributed by atoms with Crippen molar-refractivity contribution in [1.29, 1.82) is 0 Å². The fraction of sp³-hybridized carbons (Fsp3) is 0.393. The topological polar surface area (TPSA) is 102 Å². The molecule has 0 aromatic heterocycles. The van der Waals surface area contributed by atoms with Crippen LogP contribution in [0.3, 0.4) is 0 Å². The third-order valence-corrected chi connectivity index (χ3v) is 6.90. The molecule has 0 radical (unpaired) electrons. The third-order valence-electron chi connectivity index (χ3n) is 6.90. The number of hydrogen-bond donors (Lipinski definition) is 1. The van der Waals surface area contributed by atoms with Gasteiger partial charge in [0, 0.05) is 5.70 Å². The number of rotatable bonds is 9. The number of methoxy groups -OCH3 is 1. The van der Waals surface area contributed by atoms with Crippen molar-refractivity contribution in [3.05, 3.63) is 83.6 Å². The molecule has 1 saturated heterocycles. The lowest BCUT2D eigenvalue weighted by Crippen LogP contribution is -2.60. The summed E-state index contributed by atoms with van der Waals surface area (Å²) < 4.78 is 17.3. The van der Waals surface area contributed by atoms with Gasteiger partial charge in [-0.1, -0.05) is 60.7 Å². The Bertz CT molecular complexity index is 1120. The van der Waals surface area contributed by atoms with E-state index in [4.69, 9.17) is 14.2 Å². The molecule has 2 aromatic carbocycles. The van der Waals surface area contributed by atoms with Crippen LogP contribution in [0.1, 0.15) is 30.9 Å². The molecule has 0 aliphatic carbocycles. The molecule has 8 nitrogen and oxygen atoms in total. The average Bonchev–Trinajstić information content (AvgIpc) is 2.87. The van der Waals surface area contributed by atoms with E-state index in [1.165, 1.54) is 12.0 Å². The molecule has 0 saturated carbocycles. The SMILES string of the molecule is COC(=O)[C@@]12C[C@H](CC(=O)O)C(=O)N(Cc3ccccc3)C1=C[C@@H](COCc1ccccc1)O[C@H]2C. The number of hydrogen-bond acceptors (Lipinski definition) is 6. The maximum atomic E-state index is 13.6. The third kappa shape index (κ3) is 5.20. The Labute approximate surface area is 210 Å². The lowest BCUT2D eigenvalue weighted by Gasteiger charge is -2.51. The highest BCUT2D eigenvalue weighted by Gasteiger charge is 2.59. The number of esters is 1. The van der Waals surface area contributed by atoms with Crippen molar-refractivity contribution in [2.24, 2.45) is 11.3 Å². The van der Waals surface area contributed by atoms with Crippen LogP contribution in [0.5, 0.6) is 0 Å².